The largest absolute Gasteiger partial charge is 0.369 e. The standard InChI is InChI=1S/C16H18N4O/c17-15(21)11-20-10-4-7-14(20)13-8-9-18-16(19-13)12-5-2-1-3-6-12/h1-3,5-6,8-9,14H,4,7,10-11H2,(H2,17,21)/t14-/m1/s1. The first-order chi connectivity index (χ1) is 10.2. The summed E-state index contributed by atoms with van der Waals surface area (Å²) in [5.41, 5.74) is 7.28. The maximum Gasteiger partial charge on any atom is 0.231 e. The molecule has 2 heterocycles. The highest BCUT2D eigenvalue weighted by molar-refractivity contribution is 5.76. The molecule has 0 radical (unpaired) electrons. The van der Waals surface area contributed by atoms with Crippen LogP contribution in [0.15, 0.2) is 42.6 Å². The number of rotatable bonds is 4. The fourth-order valence-electron chi connectivity index (χ4n) is 2.84. The van der Waals surface area contributed by atoms with Crippen LogP contribution in [0.5, 0.6) is 0 Å². The van der Waals surface area contributed by atoms with Gasteiger partial charge < -0.3 is 5.73 Å². The molecule has 1 fully saturated rings. The van der Waals surface area contributed by atoms with E-state index in [2.05, 4.69) is 14.9 Å². The van der Waals surface area contributed by atoms with Crippen LogP contribution in [0.3, 0.4) is 0 Å². The van der Waals surface area contributed by atoms with Gasteiger partial charge in [-0.1, -0.05) is 30.3 Å². The van der Waals surface area contributed by atoms with Crippen molar-refractivity contribution in [1.29, 1.82) is 0 Å². The molecule has 21 heavy (non-hydrogen) atoms. The van der Waals surface area contributed by atoms with Crippen LogP contribution in [-0.2, 0) is 4.79 Å². The molecule has 1 aromatic heterocycles. The molecule has 0 spiro atoms. The first-order valence-electron chi connectivity index (χ1n) is 7.15. The molecule has 2 N–H and O–H groups in total. The molecule has 0 unspecified atom stereocenters. The van der Waals surface area contributed by atoms with Gasteiger partial charge in [-0.3, -0.25) is 9.69 Å². The van der Waals surface area contributed by atoms with Crippen molar-refractivity contribution in [1.82, 2.24) is 14.9 Å². The number of aromatic nitrogens is 2. The third kappa shape index (κ3) is 3.08. The predicted octanol–water partition coefficient (Wildman–Crippen LogP) is 1.77. The lowest BCUT2D eigenvalue weighted by molar-refractivity contribution is -0.119. The Labute approximate surface area is 123 Å². The van der Waals surface area contributed by atoms with Crippen LogP contribution in [-0.4, -0.2) is 33.9 Å². The molecule has 5 heteroatoms. The third-order valence-corrected chi connectivity index (χ3v) is 3.77. The molecule has 0 aliphatic carbocycles. The zero-order valence-electron chi connectivity index (χ0n) is 11.8. The minimum Gasteiger partial charge on any atom is -0.369 e. The van der Waals surface area contributed by atoms with E-state index in [0.29, 0.717) is 0 Å². The summed E-state index contributed by atoms with van der Waals surface area (Å²) < 4.78 is 0. The molecule has 1 amide bonds. The normalized spacial score (nSPS) is 18.8. The van der Waals surface area contributed by atoms with Crippen molar-refractivity contribution in [3.05, 3.63) is 48.3 Å². The second kappa shape index (κ2) is 6.01. The molecule has 0 saturated carbocycles. The topological polar surface area (TPSA) is 72.1 Å². The Morgan fingerprint density at radius 2 is 2.10 bits per heavy atom. The van der Waals surface area contributed by atoms with Gasteiger partial charge in [-0.15, -0.1) is 0 Å². The van der Waals surface area contributed by atoms with Gasteiger partial charge in [0.1, 0.15) is 0 Å². The van der Waals surface area contributed by atoms with E-state index in [1.165, 1.54) is 0 Å². The van der Waals surface area contributed by atoms with Crippen LogP contribution in [0, 0.1) is 0 Å². The molecule has 108 valence electrons. The van der Waals surface area contributed by atoms with E-state index in [1.807, 2.05) is 36.4 Å². The molecule has 0 bridgehead atoms. The van der Waals surface area contributed by atoms with Gasteiger partial charge in [-0.25, -0.2) is 9.97 Å². The number of benzene rings is 1. The van der Waals surface area contributed by atoms with Gasteiger partial charge in [0.25, 0.3) is 0 Å². The van der Waals surface area contributed by atoms with Crippen LogP contribution in [0.25, 0.3) is 11.4 Å². The molecule has 1 aromatic carbocycles. The lowest BCUT2D eigenvalue weighted by Gasteiger charge is -2.22. The smallest absolute Gasteiger partial charge is 0.231 e. The lowest BCUT2D eigenvalue weighted by Crippen LogP contribution is -2.33. The highest BCUT2D eigenvalue weighted by Crippen LogP contribution is 2.30. The predicted molar refractivity (Wildman–Crippen MR) is 80.2 cm³/mol. The Morgan fingerprint density at radius 1 is 1.29 bits per heavy atom. The van der Waals surface area contributed by atoms with E-state index in [0.717, 1.165) is 36.5 Å². The summed E-state index contributed by atoms with van der Waals surface area (Å²) in [6, 6.07) is 12.0. The second-order valence-corrected chi connectivity index (χ2v) is 5.27. The minimum atomic E-state index is -0.292. The van der Waals surface area contributed by atoms with Crippen LogP contribution < -0.4 is 5.73 Å². The Hall–Kier alpha value is -2.27. The van der Waals surface area contributed by atoms with E-state index in [9.17, 15) is 4.79 Å². The highest BCUT2D eigenvalue weighted by atomic mass is 16.1. The van der Waals surface area contributed by atoms with E-state index >= 15 is 0 Å². The van der Waals surface area contributed by atoms with Crippen molar-refractivity contribution in [3.63, 3.8) is 0 Å². The number of nitrogens with zero attached hydrogens (tertiary/aromatic N) is 3. The Balaban J connectivity index is 1.87. The summed E-state index contributed by atoms with van der Waals surface area (Å²) in [6.45, 7) is 1.17. The number of hydrogen-bond donors (Lipinski definition) is 1. The van der Waals surface area contributed by atoms with Gasteiger partial charge >= 0.3 is 0 Å². The third-order valence-electron chi connectivity index (χ3n) is 3.77. The number of carbonyl (C=O) groups excluding carboxylic acids is 1. The van der Waals surface area contributed by atoms with E-state index < -0.39 is 0 Å². The van der Waals surface area contributed by atoms with E-state index in [1.54, 1.807) is 6.20 Å². The van der Waals surface area contributed by atoms with Crippen LogP contribution in [0.1, 0.15) is 24.6 Å². The highest BCUT2D eigenvalue weighted by Gasteiger charge is 2.28. The quantitative estimate of drug-likeness (QED) is 0.927. The van der Waals surface area contributed by atoms with Crippen LogP contribution >= 0.6 is 0 Å². The fourth-order valence-corrected chi connectivity index (χ4v) is 2.84. The Morgan fingerprint density at radius 3 is 2.86 bits per heavy atom. The summed E-state index contributed by atoms with van der Waals surface area (Å²) in [5, 5.41) is 0. The van der Waals surface area contributed by atoms with Crippen molar-refractivity contribution < 1.29 is 4.79 Å². The molecule has 2 aromatic rings. The molecular formula is C16H18N4O. The van der Waals surface area contributed by atoms with E-state index in [-0.39, 0.29) is 18.5 Å². The van der Waals surface area contributed by atoms with Gasteiger partial charge in [0.15, 0.2) is 5.82 Å². The van der Waals surface area contributed by atoms with Gasteiger partial charge in [0.05, 0.1) is 18.3 Å². The van der Waals surface area contributed by atoms with Crippen LogP contribution in [0.4, 0.5) is 0 Å². The summed E-state index contributed by atoms with van der Waals surface area (Å²) in [7, 11) is 0. The number of amides is 1. The Kier molecular flexibility index (Phi) is 3.92. The summed E-state index contributed by atoms with van der Waals surface area (Å²) >= 11 is 0. The lowest BCUT2D eigenvalue weighted by atomic mass is 10.1. The number of carbonyl (C=O) groups is 1. The average Bonchev–Trinajstić information content (AvgIpc) is 2.96. The Bertz CT molecular complexity index is 629. The summed E-state index contributed by atoms with van der Waals surface area (Å²) in [6.07, 6.45) is 3.84. The van der Waals surface area contributed by atoms with Crippen molar-refractivity contribution in [2.75, 3.05) is 13.1 Å². The van der Waals surface area contributed by atoms with Crippen molar-refractivity contribution in [3.8, 4) is 11.4 Å². The average molecular weight is 282 g/mol. The first-order valence-corrected chi connectivity index (χ1v) is 7.15. The summed E-state index contributed by atoms with van der Waals surface area (Å²) in [4.78, 5) is 22.3. The molecule has 1 saturated heterocycles. The number of hydrogen-bond acceptors (Lipinski definition) is 4. The maximum absolute atomic E-state index is 11.2. The van der Waals surface area contributed by atoms with E-state index in [4.69, 9.17) is 5.73 Å². The molecule has 1 aliphatic heterocycles. The molecule has 5 nitrogen and oxygen atoms in total. The number of likely N-dealkylation sites (tertiary alicyclic amines) is 1. The zero-order chi connectivity index (χ0) is 14.7. The number of nitrogens with two attached hydrogens (primary N) is 1. The SMILES string of the molecule is NC(=O)CN1CCC[C@@H]1c1ccnc(-c2ccccc2)n1. The number of primary amides is 1. The maximum atomic E-state index is 11.2. The van der Waals surface area contributed by atoms with Gasteiger partial charge in [-0.2, -0.15) is 0 Å². The van der Waals surface area contributed by atoms with Gasteiger partial charge in [0.2, 0.25) is 5.91 Å². The summed E-state index contributed by atoms with van der Waals surface area (Å²) in [5.74, 6) is 0.429. The van der Waals surface area contributed by atoms with Crippen LogP contribution in [0.2, 0.25) is 0 Å². The van der Waals surface area contributed by atoms with Crippen molar-refractivity contribution in [2.24, 2.45) is 5.73 Å². The second-order valence-electron chi connectivity index (χ2n) is 5.27. The molecular weight excluding hydrogens is 264 g/mol. The molecule has 3 rings (SSSR count). The first kappa shape index (κ1) is 13.7. The zero-order valence-corrected chi connectivity index (χ0v) is 11.8. The monoisotopic (exact) mass is 282 g/mol. The fraction of sp³-hybridized carbons (Fsp3) is 0.312. The van der Waals surface area contributed by atoms with Gasteiger partial charge in [-0.05, 0) is 25.5 Å². The van der Waals surface area contributed by atoms with Crippen molar-refractivity contribution in [2.45, 2.75) is 18.9 Å². The van der Waals surface area contributed by atoms with Gasteiger partial charge in [0, 0.05) is 11.8 Å². The van der Waals surface area contributed by atoms with Crippen molar-refractivity contribution >= 4 is 5.91 Å². The minimum absolute atomic E-state index is 0.156. The molecule has 1 atom stereocenters. The molecule has 1 aliphatic rings.